The summed E-state index contributed by atoms with van der Waals surface area (Å²) in [6.45, 7) is 3.15. The average Bonchev–Trinajstić information content (AvgIpc) is 3.31. The highest BCUT2D eigenvalue weighted by Gasteiger charge is 2.28. The zero-order valence-electron chi connectivity index (χ0n) is 15.6. The average molecular weight is 446 g/mol. The fourth-order valence-corrected chi connectivity index (χ4v) is 3.99. The molecule has 4 rings (SSSR count). The minimum Gasteiger partial charge on any atom is -0.451 e. The number of aryl methyl sites for hydroxylation is 1. The third-order valence-electron chi connectivity index (χ3n) is 5.15. The Morgan fingerprint density at radius 2 is 2.11 bits per heavy atom. The van der Waals surface area contributed by atoms with Gasteiger partial charge >= 0.3 is 0 Å². The highest BCUT2D eigenvalue weighted by Crippen LogP contribution is 2.29. The number of amides is 1. The minimum atomic E-state index is -0.321. The molecule has 0 radical (unpaired) electrons. The molecular formula is C22H21BrFNO3. The predicted molar refractivity (Wildman–Crippen MR) is 109 cm³/mol. The standard InChI is InChI=1S/C22H21BrFNO3/c1-14-18-11-16(23)8-9-20(18)28-21(14)22(26)25(13-17-6-4-10-27-17)12-15-5-2-3-7-19(15)24/h2-3,5,7-9,11,17H,4,6,10,12-13H2,1H3. The number of carbonyl (C=O) groups excluding carboxylic acids is 1. The molecule has 1 unspecified atom stereocenters. The molecular weight excluding hydrogens is 425 g/mol. The van der Waals surface area contributed by atoms with Crippen LogP contribution >= 0.6 is 15.9 Å². The topological polar surface area (TPSA) is 42.7 Å². The molecule has 4 nitrogen and oxygen atoms in total. The summed E-state index contributed by atoms with van der Waals surface area (Å²) in [7, 11) is 0. The summed E-state index contributed by atoms with van der Waals surface area (Å²) >= 11 is 3.46. The number of rotatable bonds is 5. The third kappa shape index (κ3) is 3.84. The Balaban J connectivity index is 1.67. The summed E-state index contributed by atoms with van der Waals surface area (Å²) in [6.07, 6.45) is 1.84. The number of carbonyl (C=O) groups is 1. The van der Waals surface area contributed by atoms with Crippen molar-refractivity contribution in [1.29, 1.82) is 0 Å². The zero-order chi connectivity index (χ0) is 19.7. The van der Waals surface area contributed by atoms with Crippen LogP contribution in [0, 0.1) is 12.7 Å². The van der Waals surface area contributed by atoms with Crippen molar-refractivity contribution in [3.05, 3.63) is 69.6 Å². The van der Waals surface area contributed by atoms with Gasteiger partial charge in [-0.1, -0.05) is 34.1 Å². The van der Waals surface area contributed by atoms with E-state index in [4.69, 9.17) is 9.15 Å². The molecule has 0 bridgehead atoms. The van der Waals surface area contributed by atoms with E-state index in [2.05, 4.69) is 15.9 Å². The van der Waals surface area contributed by atoms with Crippen LogP contribution in [0.25, 0.3) is 11.0 Å². The van der Waals surface area contributed by atoms with Crippen molar-refractivity contribution in [3.63, 3.8) is 0 Å². The lowest BCUT2D eigenvalue weighted by Crippen LogP contribution is -2.37. The normalized spacial score (nSPS) is 16.6. The maximum absolute atomic E-state index is 14.2. The summed E-state index contributed by atoms with van der Waals surface area (Å²) in [5, 5.41) is 0.890. The van der Waals surface area contributed by atoms with Gasteiger partial charge < -0.3 is 14.1 Å². The fraction of sp³-hybridized carbons (Fsp3) is 0.318. The molecule has 146 valence electrons. The lowest BCUT2D eigenvalue weighted by atomic mass is 10.1. The minimum absolute atomic E-state index is 0.0328. The van der Waals surface area contributed by atoms with Crippen LogP contribution in [-0.2, 0) is 11.3 Å². The van der Waals surface area contributed by atoms with Crippen LogP contribution < -0.4 is 0 Å². The molecule has 2 heterocycles. The maximum atomic E-state index is 14.2. The Morgan fingerprint density at radius 1 is 1.29 bits per heavy atom. The summed E-state index contributed by atoms with van der Waals surface area (Å²) in [5.41, 5.74) is 1.92. The molecule has 1 atom stereocenters. The smallest absolute Gasteiger partial charge is 0.290 e. The van der Waals surface area contributed by atoms with Crippen molar-refractivity contribution in [2.24, 2.45) is 0 Å². The lowest BCUT2D eigenvalue weighted by Gasteiger charge is -2.25. The number of furan rings is 1. The van der Waals surface area contributed by atoms with Gasteiger partial charge in [-0.15, -0.1) is 0 Å². The molecule has 1 amide bonds. The second kappa shape index (κ2) is 8.05. The molecule has 0 saturated carbocycles. The van der Waals surface area contributed by atoms with Crippen molar-refractivity contribution in [2.75, 3.05) is 13.2 Å². The first-order valence-corrected chi connectivity index (χ1v) is 10.1. The van der Waals surface area contributed by atoms with Gasteiger partial charge in [0, 0.05) is 40.7 Å². The molecule has 1 fully saturated rings. The van der Waals surface area contributed by atoms with Crippen molar-refractivity contribution in [3.8, 4) is 0 Å². The quantitative estimate of drug-likeness (QED) is 0.523. The first-order chi connectivity index (χ1) is 13.5. The fourth-order valence-electron chi connectivity index (χ4n) is 3.63. The van der Waals surface area contributed by atoms with Gasteiger partial charge in [-0.05, 0) is 44.0 Å². The number of hydrogen-bond acceptors (Lipinski definition) is 3. The van der Waals surface area contributed by atoms with Gasteiger partial charge in [0.1, 0.15) is 11.4 Å². The van der Waals surface area contributed by atoms with Crippen LogP contribution in [0.3, 0.4) is 0 Å². The van der Waals surface area contributed by atoms with Gasteiger partial charge in [-0.2, -0.15) is 0 Å². The van der Waals surface area contributed by atoms with Crippen LogP contribution in [0.15, 0.2) is 51.4 Å². The Bertz CT molecular complexity index is 1010. The van der Waals surface area contributed by atoms with E-state index in [1.807, 2.05) is 25.1 Å². The molecule has 28 heavy (non-hydrogen) atoms. The first kappa shape index (κ1) is 19.2. The Kier molecular flexibility index (Phi) is 5.51. The molecule has 6 heteroatoms. The Morgan fingerprint density at radius 3 is 2.86 bits per heavy atom. The van der Waals surface area contributed by atoms with Crippen LogP contribution in [0.5, 0.6) is 0 Å². The highest BCUT2D eigenvalue weighted by atomic mass is 79.9. The molecule has 0 N–H and O–H groups in total. The predicted octanol–water partition coefficient (Wildman–Crippen LogP) is 5.46. The van der Waals surface area contributed by atoms with E-state index in [0.29, 0.717) is 30.1 Å². The van der Waals surface area contributed by atoms with E-state index in [0.717, 1.165) is 28.3 Å². The maximum Gasteiger partial charge on any atom is 0.290 e. The number of benzene rings is 2. The second-order valence-electron chi connectivity index (χ2n) is 7.11. The van der Waals surface area contributed by atoms with Gasteiger partial charge in [0.2, 0.25) is 0 Å². The molecule has 1 aliphatic heterocycles. The van der Waals surface area contributed by atoms with Crippen molar-refractivity contribution in [1.82, 2.24) is 4.90 Å². The van der Waals surface area contributed by atoms with Gasteiger partial charge in [-0.3, -0.25) is 4.79 Å². The number of halogens is 2. The van der Waals surface area contributed by atoms with Gasteiger partial charge in [0.05, 0.1) is 6.10 Å². The van der Waals surface area contributed by atoms with Crippen molar-refractivity contribution in [2.45, 2.75) is 32.4 Å². The first-order valence-electron chi connectivity index (χ1n) is 9.36. The van der Waals surface area contributed by atoms with Crippen molar-refractivity contribution >= 4 is 32.8 Å². The number of fused-ring (bicyclic) bond motifs is 1. The van der Waals surface area contributed by atoms with E-state index in [1.165, 1.54) is 6.07 Å². The largest absolute Gasteiger partial charge is 0.451 e. The van der Waals surface area contributed by atoms with Gasteiger partial charge in [0.25, 0.3) is 5.91 Å². The zero-order valence-corrected chi connectivity index (χ0v) is 17.2. The van der Waals surface area contributed by atoms with E-state index >= 15 is 0 Å². The summed E-state index contributed by atoms with van der Waals surface area (Å²) in [5.74, 6) is -0.274. The third-order valence-corrected chi connectivity index (χ3v) is 5.64. The molecule has 0 aliphatic carbocycles. The van der Waals surface area contributed by atoms with Crippen LogP contribution in [-0.4, -0.2) is 30.1 Å². The SMILES string of the molecule is Cc1c(C(=O)N(Cc2ccccc2F)CC2CCCO2)oc2ccc(Br)cc12. The molecule has 1 aliphatic rings. The summed E-state index contributed by atoms with van der Waals surface area (Å²) < 4.78 is 26.7. The highest BCUT2D eigenvalue weighted by molar-refractivity contribution is 9.10. The number of nitrogens with zero attached hydrogens (tertiary/aromatic N) is 1. The van der Waals surface area contributed by atoms with E-state index in [-0.39, 0.29) is 24.4 Å². The second-order valence-corrected chi connectivity index (χ2v) is 8.02. The van der Waals surface area contributed by atoms with E-state index in [1.54, 1.807) is 23.1 Å². The Labute approximate surface area is 171 Å². The Hall–Kier alpha value is -2.18. The lowest BCUT2D eigenvalue weighted by molar-refractivity contribution is 0.0482. The van der Waals surface area contributed by atoms with E-state index in [9.17, 15) is 9.18 Å². The number of ether oxygens (including phenoxy) is 1. The molecule has 2 aromatic carbocycles. The van der Waals surface area contributed by atoms with Crippen LogP contribution in [0.4, 0.5) is 4.39 Å². The monoisotopic (exact) mass is 445 g/mol. The molecule has 3 aromatic rings. The van der Waals surface area contributed by atoms with Gasteiger partial charge in [0.15, 0.2) is 5.76 Å². The molecule has 0 spiro atoms. The number of hydrogen-bond donors (Lipinski definition) is 0. The van der Waals surface area contributed by atoms with E-state index < -0.39 is 0 Å². The molecule has 1 saturated heterocycles. The van der Waals surface area contributed by atoms with Gasteiger partial charge in [-0.25, -0.2) is 4.39 Å². The molecule has 1 aromatic heterocycles. The summed E-state index contributed by atoms with van der Waals surface area (Å²) in [4.78, 5) is 15.0. The van der Waals surface area contributed by atoms with Crippen LogP contribution in [0.2, 0.25) is 0 Å². The summed E-state index contributed by atoms with van der Waals surface area (Å²) in [6, 6.07) is 12.2. The van der Waals surface area contributed by atoms with Crippen LogP contribution in [0.1, 0.15) is 34.5 Å². The van der Waals surface area contributed by atoms with Crippen molar-refractivity contribution < 1.29 is 18.3 Å².